The van der Waals surface area contributed by atoms with Gasteiger partial charge in [-0.15, -0.1) is 0 Å². The summed E-state index contributed by atoms with van der Waals surface area (Å²) < 4.78 is 2.07. The molecule has 0 spiro atoms. The third kappa shape index (κ3) is 2.51. The minimum absolute atomic E-state index is 0.353. The minimum Gasteiger partial charge on any atom is -0.478 e. The topological polar surface area (TPSA) is 58.4 Å². The molecular weight excluding hydrogens is 266 g/mol. The van der Waals surface area contributed by atoms with E-state index >= 15 is 0 Å². The molecule has 0 radical (unpaired) electrons. The fourth-order valence-corrected chi connectivity index (χ4v) is 2.99. The number of aromatic nitrogens is 2. The van der Waals surface area contributed by atoms with Gasteiger partial charge in [-0.3, -0.25) is 4.68 Å². The van der Waals surface area contributed by atoms with Crippen LogP contribution in [0.4, 0.5) is 5.69 Å². The highest BCUT2D eigenvalue weighted by Gasteiger charge is 2.16. The SMILES string of the molecule is Cc1c(C(=O)O)cccc1N(C)Cc1cc2n(n1)CCC2. The van der Waals surface area contributed by atoms with Crippen molar-refractivity contribution in [2.24, 2.45) is 0 Å². The van der Waals surface area contributed by atoms with Gasteiger partial charge in [-0.1, -0.05) is 6.07 Å². The van der Waals surface area contributed by atoms with Gasteiger partial charge in [0.25, 0.3) is 0 Å². The lowest BCUT2D eigenvalue weighted by Crippen LogP contribution is -2.19. The van der Waals surface area contributed by atoms with Gasteiger partial charge in [0.1, 0.15) is 0 Å². The van der Waals surface area contributed by atoms with E-state index in [9.17, 15) is 9.90 Å². The molecule has 0 saturated carbocycles. The summed E-state index contributed by atoms with van der Waals surface area (Å²) in [4.78, 5) is 13.3. The van der Waals surface area contributed by atoms with E-state index in [1.165, 1.54) is 12.1 Å². The summed E-state index contributed by atoms with van der Waals surface area (Å²) in [6.07, 6.45) is 2.28. The van der Waals surface area contributed by atoms with Crippen LogP contribution in [0.1, 0.15) is 33.7 Å². The van der Waals surface area contributed by atoms with E-state index in [0.29, 0.717) is 12.1 Å². The molecule has 2 heterocycles. The number of fused-ring (bicyclic) bond motifs is 1. The third-order valence-electron chi connectivity index (χ3n) is 4.06. The van der Waals surface area contributed by atoms with Crippen molar-refractivity contribution in [2.45, 2.75) is 32.9 Å². The molecule has 1 aromatic carbocycles. The van der Waals surface area contributed by atoms with Crippen molar-refractivity contribution in [1.29, 1.82) is 0 Å². The van der Waals surface area contributed by atoms with Gasteiger partial charge in [-0.2, -0.15) is 5.10 Å². The van der Waals surface area contributed by atoms with Crippen LogP contribution >= 0.6 is 0 Å². The van der Waals surface area contributed by atoms with E-state index in [-0.39, 0.29) is 0 Å². The third-order valence-corrected chi connectivity index (χ3v) is 4.06. The molecule has 1 aliphatic rings. The Labute approximate surface area is 123 Å². The lowest BCUT2D eigenvalue weighted by Gasteiger charge is -2.21. The summed E-state index contributed by atoms with van der Waals surface area (Å²) in [6, 6.07) is 7.53. The molecule has 2 aromatic rings. The van der Waals surface area contributed by atoms with Gasteiger partial charge in [0.05, 0.1) is 17.8 Å². The number of carboxylic acids is 1. The molecule has 0 amide bonds. The van der Waals surface area contributed by atoms with Crippen molar-refractivity contribution in [3.05, 3.63) is 46.8 Å². The number of nitrogens with zero attached hydrogens (tertiary/aromatic N) is 3. The van der Waals surface area contributed by atoms with Crippen molar-refractivity contribution in [2.75, 3.05) is 11.9 Å². The largest absolute Gasteiger partial charge is 0.478 e. The van der Waals surface area contributed by atoms with Crippen LogP contribution in [-0.2, 0) is 19.5 Å². The maximum Gasteiger partial charge on any atom is 0.336 e. The first-order valence-electron chi connectivity index (χ1n) is 7.16. The molecule has 5 nitrogen and oxygen atoms in total. The van der Waals surface area contributed by atoms with Gasteiger partial charge in [-0.25, -0.2) is 4.79 Å². The first-order chi connectivity index (χ1) is 10.1. The first kappa shape index (κ1) is 13.7. The normalized spacial score (nSPS) is 13.2. The number of benzene rings is 1. The highest BCUT2D eigenvalue weighted by molar-refractivity contribution is 5.91. The number of aryl methyl sites for hydroxylation is 2. The zero-order valence-electron chi connectivity index (χ0n) is 12.3. The lowest BCUT2D eigenvalue weighted by molar-refractivity contribution is 0.0696. The van der Waals surface area contributed by atoms with E-state index < -0.39 is 5.97 Å². The minimum atomic E-state index is -0.885. The van der Waals surface area contributed by atoms with Crippen molar-refractivity contribution < 1.29 is 9.90 Å². The van der Waals surface area contributed by atoms with Crippen LogP contribution in [0, 0.1) is 6.92 Å². The molecule has 110 valence electrons. The Kier molecular flexibility index (Phi) is 3.41. The molecule has 1 aromatic heterocycles. The Hall–Kier alpha value is -2.30. The second-order valence-corrected chi connectivity index (χ2v) is 5.56. The van der Waals surface area contributed by atoms with Gasteiger partial charge >= 0.3 is 5.97 Å². The molecule has 0 fully saturated rings. The second kappa shape index (κ2) is 5.24. The summed E-state index contributed by atoms with van der Waals surface area (Å²) in [6.45, 7) is 3.54. The number of aromatic carboxylic acids is 1. The molecule has 3 rings (SSSR count). The number of hydrogen-bond acceptors (Lipinski definition) is 3. The Morgan fingerprint density at radius 1 is 1.48 bits per heavy atom. The molecular formula is C16H19N3O2. The van der Waals surface area contributed by atoms with Gasteiger partial charge in [0, 0.05) is 25.0 Å². The summed E-state index contributed by atoms with van der Waals surface area (Å²) in [5.74, 6) is -0.885. The van der Waals surface area contributed by atoms with Gasteiger partial charge in [-0.05, 0) is 43.5 Å². The molecule has 0 aliphatic carbocycles. The summed E-state index contributed by atoms with van der Waals surface area (Å²) in [5.41, 5.74) is 4.41. The quantitative estimate of drug-likeness (QED) is 0.937. The van der Waals surface area contributed by atoms with Crippen molar-refractivity contribution in [1.82, 2.24) is 9.78 Å². The zero-order valence-corrected chi connectivity index (χ0v) is 12.3. The highest BCUT2D eigenvalue weighted by Crippen LogP contribution is 2.24. The molecule has 21 heavy (non-hydrogen) atoms. The molecule has 0 atom stereocenters. The van der Waals surface area contributed by atoms with Crippen molar-refractivity contribution in [3.8, 4) is 0 Å². The monoisotopic (exact) mass is 285 g/mol. The summed E-state index contributed by atoms with van der Waals surface area (Å²) >= 11 is 0. The van der Waals surface area contributed by atoms with Crippen molar-refractivity contribution >= 4 is 11.7 Å². The predicted molar refractivity (Wildman–Crippen MR) is 80.8 cm³/mol. The molecule has 1 aliphatic heterocycles. The smallest absolute Gasteiger partial charge is 0.336 e. The fraction of sp³-hybridized carbons (Fsp3) is 0.375. The predicted octanol–water partition coefficient (Wildman–Crippen LogP) is 2.47. The Bertz CT molecular complexity index is 669. The van der Waals surface area contributed by atoms with Crippen LogP contribution in [-0.4, -0.2) is 27.9 Å². The van der Waals surface area contributed by atoms with Gasteiger partial charge in [0.2, 0.25) is 0 Å². The maximum absolute atomic E-state index is 11.2. The highest BCUT2D eigenvalue weighted by atomic mass is 16.4. The van der Waals surface area contributed by atoms with Crippen LogP contribution < -0.4 is 4.90 Å². The van der Waals surface area contributed by atoms with Crippen molar-refractivity contribution in [3.63, 3.8) is 0 Å². The second-order valence-electron chi connectivity index (χ2n) is 5.56. The van der Waals surface area contributed by atoms with Gasteiger partial charge in [0.15, 0.2) is 0 Å². The summed E-state index contributed by atoms with van der Waals surface area (Å²) in [5, 5.41) is 13.8. The molecule has 0 saturated heterocycles. The van der Waals surface area contributed by atoms with E-state index in [4.69, 9.17) is 0 Å². The fourth-order valence-electron chi connectivity index (χ4n) is 2.99. The average Bonchev–Trinajstić information content (AvgIpc) is 2.99. The van der Waals surface area contributed by atoms with E-state index in [2.05, 4.69) is 20.7 Å². The number of carboxylic acid groups (broad SMARTS) is 1. The van der Waals surface area contributed by atoms with Gasteiger partial charge < -0.3 is 10.0 Å². The van der Waals surface area contributed by atoms with E-state index in [1.807, 2.05) is 20.0 Å². The Morgan fingerprint density at radius 3 is 3.00 bits per heavy atom. The van der Waals surface area contributed by atoms with Crippen LogP contribution in [0.5, 0.6) is 0 Å². The van der Waals surface area contributed by atoms with Crippen LogP contribution in [0.25, 0.3) is 0 Å². The Morgan fingerprint density at radius 2 is 2.29 bits per heavy atom. The molecule has 1 N–H and O–H groups in total. The van der Waals surface area contributed by atoms with Crippen LogP contribution in [0.3, 0.4) is 0 Å². The lowest BCUT2D eigenvalue weighted by atomic mass is 10.1. The first-order valence-corrected chi connectivity index (χ1v) is 7.16. The van der Waals surface area contributed by atoms with E-state index in [0.717, 1.165) is 29.9 Å². The number of rotatable bonds is 4. The average molecular weight is 285 g/mol. The molecule has 0 unspecified atom stereocenters. The zero-order chi connectivity index (χ0) is 15.0. The standard InChI is InChI=1S/C16H19N3O2/c1-11-14(16(20)21)6-3-7-15(11)18(2)10-12-9-13-5-4-8-19(13)17-12/h3,6-7,9H,4-5,8,10H2,1-2H3,(H,20,21). The van der Waals surface area contributed by atoms with Crippen LogP contribution in [0.2, 0.25) is 0 Å². The number of anilines is 1. The number of hydrogen-bond donors (Lipinski definition) is 1. The Balaban J connectivity index is 1.83. The molecule has 5 heteroatoms. The van der Waals surface area contributed by atoms with E-state index in [1.54, 1.807) is 12.1 Å². The molecule has 0 bridgehead atoms. The number of carbonyl (C=O) groups is 1. The summed E-state index contributed by atoms with van der Waals surface area (Å²) in [7, 11) is 1.97. The maximum atomic E-state index is 11.2. The van der Waals surface area contributed by atoms with Crippen LogP contribution in [0.15, 0.2) is 24.3 Å².